The van der Waals surface area contributed by atoms with Crippen LogP contribution >= 0.6 is 0 Å². The maximum absolute atomic E-state index is 11.2. The average Bonchev–Trinajstić information content (AvgIpc) is 2.31. The second kappa shape index (κ2) is 8.19. The molecule has 94 valence electrons. The Kier molecular flexibility index (Phi) is 7.22. The van der Waals surface area contributed by atoms with Crippen LogP contribution in [0.25, 0.3) is 0 Å². The van der Waals surface area contributed by atoms with Crippen LogP contribution in [0.5, 0.6) is 0 Å². The zero-order valence-electron chi connectivity index (χ0n) is 9.95. The fourth-order valence-electron chi connectivity index (χ4n) is 0.946. The van der Waals surface area contributed by atoms with E-state index in [0.717, 1.165) is 0 Å². The lowest BCUT2D eigenvalue weighted by molar-refractivity contribution is -0.136. The third-order valence-corrected chi connectivity index (χ3v) is 1.82. The summed E-state index contributed by atoms with van der Waals surface area (Å²) in [5.41, 5.74) is 5.53. The summed E-state index contributed by atoms with van der Waals surface area (Å²) < 4.78 is 4.51. The highest BCUT2D eigenvalue weighted by atomic mass is 16.5. The van der Waals surface area contributed by atoms with Crippen molar-refractivity contribution < 1.29 is 14.3 Å². The average molecular weight is 239 g/mol. The lowest BCUT2D eigenvalue weighted by atomic mass is 10.3. The van der Waals surface area contributed by atoms with E-state index in [0.29, 0.717) is 13.0 Å². The van der Waals surface area contributed by atoms with Crippen LogP contribution in [-0.2, 0) is 14.3 Å². The number of amides is 1. The van der Waals surface area contributed by atoms with Gasteiger partial charge in [-0.3, -0.25) is 4.79 Å². The lowest BCUT2D eigenvalue weighted by Gasteiger charge is -2.06. The van der Waals surface area contributed by atoms with E-state index >= 15 is 0 Å². The summed E-state index contributed by atoms with van der Waals surface area (Å²) in [6.07, 6.45) is 7.01. The van der Waals surface area contributed by atoms with E-state index < -0.39 is 12.0 Å². The molecule has 0 aliphatic heterocycles. The molecule has 1 amide bonds. The van der Waals surface area contributed by atoms with Crippen LogP contribution in [0.4, 0.5) is 0 Å². The topological polar surface area (TPSA) is 93.5 Å². The summed E-state index contributed by atoms with van der Waals surface area (Å²) in [6, 6.07) is 1.57. The molecule has 0 saturated carbocycles. The van der Waals surface area contributed by atoms with E-state index in [-0.39, 0.29) is 11.6 Å². The molecular formula is C11H17N3O3. The van der Waals surface area contributed by atoms with Crippen LogP contribution in [0.1, 0.15) is 13.3 Å². The van der Waals surface area contributed by atoms with Gasteiger partial charge in [0.05, 0.1) is 13.2 Å². The number of nitrogens with two attached hydrogens (primary N) is 1. The number of nitrogens with one attached hydrogen (secondary N) is 2. The first kappa shape index (κ1) is 15.0. The molecule has 1 atom stereocenters. The molecule has 0 aromatic carbocycles. The van der Waals surface area contributed by atoms with Crippen LogP contribution in [-0.4, -0.2) is 31.6 Å². The largest absolute Gasteiger partial charge is 0.464 e. The molecule has 0 aromatic heterocycles. The number of rotatable bonds is 6. The van der Waals surface area contributed by atoms with Crippen molar-refractivity contribution in [1.82, 2.24) is 10.6 Å². The standard InChI is InChI=1S/C11H17N3O3/c1-4-13-9(11(16)17-3)6-5-7-14-10(15)8(2)12/h1,6,8,13H,5,7,12H2,2-3H3,(H,14,15). The number of esters is 1. The van der Waals surface area contributed by atoms with Gasteiger partial charge in [0.25, 0.3) is 0 Å². The maximum atomic E-state index is 11.2. The number of ether oxygens (including phenoxy) is 1. The second-order valence-electron chi connectivity index (χ2n) is 3.25. The Labute approximate surface area is 101 Å². The molecule has 0 bridgehead atoms. The van der Waals surface area contributed by atoms with E-state index in [1.54, 1.807) is 13.0 Å². The molecule has 0 rings (SSSR count). The minimum absolute atomic E-state index is 0.171. The summed E-state index contributed by atoms with van der Waals surface area (Å²) in [7, 11) is 1.26. The molecule has 0 heterocycles. The molecule has 1 unspecified atom stereocenters. The fraction of sp³-hybridized carbons (Fsp3) is 0.455. The van der Waals surface area contributed by atoms with Gasteiger partial charge in [0.1, 0.15) is 5.70 Å². The van der Waals surface area contributed by atoms with Crippen molar-refractivity contribution in [3.8, 4) is 12.5 Å². The van der Waals surface area contributed by atoms with E-state index in [9.17, 15) is 9.59 Å². The number of terminal acetylenes is 1. The van der Waals surface area contributed by atoms with E-state index in [1.807, 2.05) is 0 Å². The van der Waals surface area contributed by atoms with Gasteiger partial charge >= 0.3 is 5.97 Å². The number of hydrogen-bond acceptors (Lipinski definition) is 5. The van der Waals surface area contributed by atoms with Crippen molar-refractivity contribution in [3.05, 3.63) is 11.8 Å². The molecule has 0 fully saturated rings. The van der Waals surface area contributed by atoms with Gasteiger partial charge in [-0.1, -0.05) is 12.5 Å². The maximum Gasteiger partial charge on any atom is 0.354 e. The van der Waals surface area contributed by atoms with Gasteiger partial charge in [0.15, 0.2) is 0 Å². The van der Waals surface area contributed by atoms with Crippen molar-refractivity contribution in [2.24, 2.45) is 5.73 Å². The lowest BCUT2D eigenvalue weighted by Crippen LogP contribution is -2.38. The van der Waals surface area contributed by atoms with Gasteiger partial charge in [0, 0.05) is 12.6 Å². The van der Waals surface area contributed by atoms with Crippen LogP contribution in [0.2, 0.25) is 0 Å². The second-order valence-corrected chi connectivity index (χ2v) is 3.25. The zero-order valence-corrected chi connectivity index (χ0v) is 9.95. The predicted octanol–water partition coefficient (Wildman–Crippen LogP) is -0.923. The first-order valence-electron chi connectivity index (χ1n) is 5.06. The van der Waals surface area contributed by atoms with Gasteiger partial charge < -0.3 is 21.1 Å². The molecule has 0 radical (unpaired) electrons. The Hall–Kier alpha value is -2.00. The van der Waals surface area contributed by atoms with Gasteiger partial charge in [-0.2, -0.15) is 0 Å². The summed E-state index contributed by atoms with van der Waals surface area (Å²) in [4.78, 5) is 22.3. The van der Waals surface area contributed by atoms with Gasteiger partial charge in [-0.15, -0.1) is 0 Å². The van der Waals surface area contributed by atoms with Crippen molar-refractivity contribution in [1.29, 1.82) is 0 Å². The summed E-state index contributed by atoms with van der Waals surface area (Å²) in [5.74, 6) is -0.801. The smallest absolute Gasteiger partial charge is 0.354 e. The summed E-state index contributed by atoms with van der Waals surface area (Å²) >= 11 is 0. The number of carbonyl (C=O) groups excluding carboxylic acids is 2. The highest BCUT2D eigenvalue weighted by Gasteiger charge is 2.08. The van der Waals surface area contributed by atoms with E-state index in [2.05, 4.69) is 21.4 Å². The van der Waals surface area contributed by atoms with E-state index in [4.69, 9.17) is 12.2 Å². The highest BCUT2D eigenvalue weighted by Crippen LogP contribution is 1.94. The number of hydrogen-bond donors (Lipinski definition) is 3. The third-order valence-electron chi connectivity index (χ3n) is 1.82. The Bertz CT molecular complexity index is 342. The minimum Gasteiger partial charge on any atom is -0.464 e. The molecule has 17 heavy (non-hydrogen) atoms. The highest BCUT2D eigenvalue weighted by molar-refractivity contribution is 5.88. The Morgan fingerprint density at radius 3 is 2.71 bits per heavy atom. The molecule has 0 aromatic rings. The van der Waals surface area contributed by atoms with Gasteiger partial charge in [0.2, 0.25) is 5.91 Å². The molecule has 0 aliphatic carbocycles. The summed E-state index contributed by atoms with van der Waals surface area (Å²) in [6.45, 7) is 1.96. The van der Waals surface area contributed by atoms with E-state index in [1.165, 1.54) is 7.11 Å². The predicted molar refractivity (Wildman–Crippen MR) is 63.3 cm³/mol. The Morgan fingerprint density at radius 1 is 1.59 bits per heavy atom. The van der Waals surface area contributed by atoms with Crippen molar-refractivity contribution in [3.63, 3.8) is 0 Å². The molecule has 6 heteroatoms. The fourth-order valence-corrected chi connectivity index (χ4v) is 0.946. The van der Waals surface area contributed by atoms with Crippen LogP contribution in [0.3, 0.4) is 0 Å². The first-order valence-corrected chi connectivity index (χ1v) is 5.06. The molecule has 0 spiro atoms. The van der Waals surface area contributed by atoms with Crippen molar-refractivity contribution in [2.75, 3.05) is 13.7 Å². The normalized spacial score (nSPS) is 12.2. The van der Waals surface area contributed by atoms with Crippen LogP contribution in [0.15, 0.2) is 11.8 Å². The molecular weight excluding hydrogens is 222 g/mol. The third kappa shape index (κ3) is 6.22. The number of methoxy groups -OCH3 is 1. The molecule has 0 aliphatic rings. The van der Waals surface area contributed by atoms with Crippen molar-refractivity contribution in [2.45, 2.75) is 19.4 Å². The molecule has 6 nitrogen and oxygen atoms in total. The molecule has 0 saturated heterocycles. The monoisotopic (exact) mass is 239 g/mol. The Balaban J connectivity index is 4.15. The minimum atomic E-state index is -0.554. The van der Waals surface area contributed by atoms with Gasteiger partial charge in [-0.05, 0) is 13.3 Å². The first-order chi connectivity index (χ1) is 8.02. The van der Waals surface area contributed by atoms with Crippen LogP contribution < -0.4 is 16.4 Å². The van der Waals surface area contributed by atoms with Crippen molar-refractivity contribution >= 4 is 11.9 Å². The van der Waals surface area contributed by atoms with Crippen LogP contribution in [0, 0.1) is 12.5 Å². The SMILES string of the molecule is C#CNC(=CCCNC(=O)C(C)N)C(=O)OC. The van der Waals surface area contributed by atoms with Gasteiger partial charge in [-0.25, -0.2) is 4.79 Å². The quantitative estimate of drug-likeness (QED) is 0.183. The zero-order chi connectivity index (χ0) is 13.3. The Morgan fingerprint density at radius 2 is 2.24 bits per heavy atom. The molecule has 4 N–H and O–H groups in total. The summed E-state index contributed by atoms with van der Waals surface area (Å²) in [5, 5.41) is 5.02. The number of carbonyl (C=O) groups is 2.